The molecule has 1 aliphatic carbocycles. The van der Waals surface area contributed by atoms with Gasteiger partial charge in [0.05, 0.1) is 25.5 Å². The van der Waals surface area contributed by atoms with Crippen LogP contribution in [0.15, 0.2) is 49.2 Å². The second-order valence-corrected chi connectivity index (χ2v) is 7.88. The van der Waals surface area contributed by atoms with E-state index in [0.29, 0.717) is 18.6 Å². The van der Waals surface area contributed by atoms with Crippen molar-refractivity contribution in [1.82, 2.24) is 29.3 Å². The van der Waals surface area contributed by atoms with Crippen LogP contribution < -0.4 is 5.32 Å². The third kappa shape index (κ3) is 4.29. The molecule has 1 saturated carbocycles. The van der Waals surface area contributed by atoms with Crippen LogP contribution in [0.25, 0.3) is 28.0 Å². The molecule has 8 heteroatoms. The van der Waals surface area contributed by atoms with E-state index in [9.17, 15) is 0 Å². The molecule has 0 unspecified atom stereocenters. The Bertz CT molecular complexity index is 1140. The van der Waals surface area contributed by atoms with Gasteiger partial charge in [-0.05, 0) is 37.5 Å². The average molecular weight is 418 g/mol. The molecule has 1 N–H and O–H groups in total. The predicted octanol–water partition coefficient (Wildman–Crippen LogP) is 4.07. The normalized spacial score (nSPS) is 14.5. The first-order valence-electron chi connectivity index (χ1n) is 11.0. The second kappa shape index (κ2) is 8.85. The molecule has 0 radical (unpaired) electrons. The maximum Gasteiger partial charge on any atom is 0.224 e. The summed E-state index contributed by atoms with van der Waals surface area (Å²) in [5.41, 5.74) is 4.82. The lowest BCUT2D eigenvalue weighted by atomic mass is 10.1. The zero-order valence-electron chi connectivity index (χ0n) is 17.7. The number of anilines is 1. The van der Waals surface area contributed by atoms with Gasteiger partial charge in [0.1, 0.15) is 11.8 Å². The molecule has 0 bridgehead atoms. The van der Waals surface area contributed by atoms with E-state index in [4.69, 9.17) is 9.72 Å². The first-order chi connectivity index (χ1) is 15.3. The summed E-state index contributed by atoms with van der Waals surface area (Å²) in [5.74, 6) is 0.678. The molecule has 0 aliphatic heterocycles. The van der Waals surface area contributed by atoms with E-state index in [2.05, 4.69) is 50.8 Å². The highest BCUT2D eigenvalue weighted by Crippen LogP contribution is 2.24. The molecule has 0 saturated heterocycles. The Hall–Kier alpha value is -3.26. The van der Waals surface area contributed by atoms with Crippen LogP contribution in [0.4, 0.5) is 5.95 Å². The van der Waals surface area contributed by atoms with Crippen molar-refractivity contribution in [2.24, 2.45) is 0 Å². The van der Waals surface area contributed by atoms with E-state index in [-0.39, 0.29) is 0 Å². The van der Waals surface area contributed by atoms with Gasteiger partial charge in [-0.2, -0.15) is 10.1 Å². The summed E-state index contributed by atoms with van der Waals surface area (Å²) in [5, 5.41) is 7.90. The van der Waals surface area contributed by atoms with E-state index >= 15 is 0 Å². The number of rotatable bonds is 8. The molecule has 160 valence electrons. The van der Waals surface area contributed by atoms with Crippen molar-refractivity contribution < 1.29 is 4.74 Å². The van der Waals surface area contributed by atoms with E-state index in [1.54, 1.807) is 12.5 Å². The SMILES string of the molecule is CCOCCn1cc(-c2ccc(-n3cnc4cnc(NC5CCCC5)nc43)cc2)cn1. The van der Waals surface area contributed by atoms with Gasteiger partial charge >= 0.3 is 0 Å². The molecule has 0 spiro atoms. The number of nitrogens with zero attached hydrogens (tertiary/aromatic N) is 6. The topological polar surface area (TPSA) is 82.7 Å². The summed E-state index contributed by atoms with van der Waals surface area (Å²) >= 11 is 0. The van der Waals surface area contributed by atoms with Gasteiger partial charge in [-0.15, -0.1) is 0 Å². The number of hydrogen-bond donors (Lipinski definition) is 1. The van der Waals surface area contributed by atoms with Crippen LogP contribution in [-0.2, 0) is 11.3 Å². The minimum Gasteiger partial charge on any atom is -0.380 e. The number of aromatic nitrogens is 6. The van der Waals surface area contributed by atoms with Crippen molar-refractivity contribution in [2.75, 3.05) is 18.5 Å². The van der Waals surface area contributed by atoms with Crippen molar-refractivity contribution in [2.45, 2.75) is 45.2 Å². The number of ether oxygens (including phenoxy) is 1. The standard InChI is InChI=1S/C23H27N7O/c1-2-31-12-11-29-15-18(13-26-29)17-7-9-20(10-8-17)30-16-25-21-14-24-23(28-22(21)30)27-19-5-3-4-6-19/h7-10,13-16,19H,2-6,11-12H2,1H3,(H,24,27,28). The summed E-state index contributed by atoms with van der Waals surface area (Å²) in [6.07, 6.45) is 12.5. The van der Waals surface area contributed by atoms with Gasteiger partial charge < -0.3 is 10.1 Å². The molecule has 3 heterocycles. The Labute approximate surface area is 181 Å². The molecule has 5 rings (SSSR count). The van der Waals surface area contributed by atoms with Gasteiger partial charge in [0, 0.05) is 30.1 Å². The number of imidazole rings is 1. The van der Waals surface area contributed by atoms with Gasteiger partial charge in [0.15, 0.2) is 5.65 Å². The molecule has 1 aliphatic rings. The average Bonchev–Trinajstić information content (AvgIpc) is 3.55. The lowest BCUT2D eigenvalue weighted by Gasteiger charge is -2.11. The smallest absolute Gasteiger partial charge is 0.224 e. The molecule has 0 atom stereocenters. The second-order valence-electron chi connectivity index (χ2n) is 7.88. The zero-order chi connectivity index (χ0) is 21.0. The van der Waals surface area contributed by atoms with Crippen LogP contribution in [0.5, 0.6) is 0 Å². The Kier molecular flexibility index (Phi) is 5.62. The molecule has 0 amide bonds. The van der Waals surface area contributed by atoms with Crippen molar-refractivity contribution in [3.05, 3.63) is 49.2 Å². The van der Waals surface area contributed by atoms with E-state index in [1.807, 2.05) is 22.4 Å². The lowest BCUT2D eigenvalue weighted by Crippen LogP contribution is -2.16. The van der Waals surface area contributed by atoms with Crippen LogP contribution in [-0.4, -0.2) is 48.6 Å². The van der Waals surface area contributed by atoms with Gasteiger partial charge in [-0.3, -0.25) is 9.25 Å². The summed E-state index contributed by atoms with van der Waals surface area (Å²) in [7, 11) is 0. The maximum absolute atomic E-state index is 5.41. The molecular formula is C23H27N7O. The fourth-order valence-corrected chi connectivity index (χ4v) is 4.07. The Morgan fingerprint density at radius 3 is 2.71 bits per heavy atom. The Balaban J connectivity index is 1.35. The molecule has 1 fully saturated rings. The number of fused-ring (bicyclic) bond motifs is 1. The summed E-state index contributed by atoms with van der Waals surface area (Å²) in [6.45, 7) is 4.15. The lowest BCUT2D eigenvalue weighted by molar-refractivity contribution is 0.136. The Morgan fingerprint density at radius 1 is 1.06 bits per heavy atom. The number of hydrogen-bond acceptors (Lipinski definition) is 6. The first-order valence-corrected chi connectivity index (χ1v) is 11.0. The number of nitrogens with one attached hydrogen (secondary N) is 1. The fraction of sp³-hybridized carbons (Fsp3) is 0.391. The largest absolute Gasteiger partial charge is 0.380 e. The van der Waals surface area contributed by atoms with Crippen molar-refractivity contribution in [3.8, 4) is 16.8 Å². The van der Waals surface area contributed by atoms with Gasteiger partial charge in [-0.1, -0.05) is 25.0 Å². The molecule has 4 aromatic rings. The Morgan fingerprint density at radius 2 is 1.90 bits per heavy atom. The van der Waals surface area contributed by atoms with Crippen LogP contribution in [0, 0.1) is 0 Å². The van der Waals surface area contributed by atoms with E-state index in [1.165, 1.54) is 25.7 Å². The first kappa shape index (κ1) is 19.7. The van der Waals surface area contributed by atoms with Gasteiger partial charge in [-0.25, -0.2) is 9.97 Å². The third-order valence-electron chi connectivity index (χ3n) is 5.76. The molecule has 8 nitrogen and oxygen atoms in total. The summed E-state index contributed by atoms with van der Waals surface area (Å²) in [4.78, 5) is 13.7. The summed E-state index contributed by atoms with van der Waals surface area (Å²) < 4.78 is 9.33. The summed E-state index contributed by atoms with van der Waals surface area (Å²) in [6, 6.07) is 8.84. The highest BCUT2D eigenvalue weighted by Gasteiger charge is 2.16. The van der Waals surface area contributed by atoms with E-state index in [0.717, 1.165) is 41.1 Å². The minimum atomic E-state index is 0.475. The minimum absolute atomic E-state index is 0.475. The quantitative estimate of drug-likeness (QED) is 0.435. The highest BCUT2D eigenvalue weighted by atomic mass is 16.5. The van der Waals surface area contributed by atoms with Crippen LogP contribution in [0.1, 0.15) is 32.6 Å². The van der Waals surface area contributed by atoms with Crippen LogP contribution in [0.3, 0.4) is 0 Å². The molecule has 31 heavy (non-hydrogen) atoms. The predicted molar refractivity (Wildman–Crippen MR) is 120 cm³/mol. The molecule has 3 aromatic heterocycles. The van der Waals surface area contributed by atoms with Crippen molar-refractivity contribution >= 4 is 17.1 Å². The zero-order valence-corrected chi connectivity index (χ0v) is 17.7. The van der Waals surface area contributed by atoms with Gasteiger partial charge in [0.25, 0.3) is 0 Å². The number of benzene rings is 1. The van der Waals surface area contributed by atoms with Crippen molar-refractivity contribution in [1.29, 1.82) is 0 Å². The molecule has 1 aromatic carbocycles. The molecular weight excluding hydrogens is 390 g/mol. The van der Waals surface area contributed by atoms with Gasteiger partial charge in [0.2, 0.25) is 5.95 Å². The highest BCUT2D eigenvalue weighted by molar-refractivity contribution is 5.74. The fourth-order valence-electron chi connectivity index (χ4n) is 4.07. The van der Waals surface area contributed by atoms with Crippen LogP contribution >= 0.6 is 0 Å². The maximum atomic E-state index is 5.41. The van der Waals surface area contributed by atoms with Crippen LogP contribution in [0.2, 0.25) is 0 Å². The van der Waals surface area contributed by atoms with E-state index < -0.39 is 0 Å². The monoisotopic (exact) mass is 417 g/mol. The third-order valence-corrected chi connectivity index (χ3v) is 5.76. The van der Waals surface area contributed by atoms with Crippen molar-refractivity contribution in [3.63, 3.8) is 0 Å².